The average Bonchev–Trinajstić information content (AvgIpc) is 3.24. The number of fused-ring (bicyclic) bond motifs is 2. The van der Waals surface area contributed by atoms with Crippen molar-refractivity contribution in [3.8, 4) is 0 Å². The highest BCUT2D eigenvalue weighted by molar-refractivity contribution is 5.76. The smallest absolute Gasteiger partial charge is 0.321 e. The lowest BCUT2D eigenvalue weighted by molar-refractivity contribution is 0.0762. The SMILES string of the molecule is CCCNC(=O)N(C1=CC=C(F)CC1)C1CCN(C2CC3(C)CCC2C3)CC1. The monoisotopic (exact) mass is 389 g/mol. The van der Waals surface area contributed by atoms with Crippen molar-refractivity contribution in [3.05, 3.63) is 23.7 Å². The normalized spacial score (nSPS) is 33.5. The van der Waals surface area contributed by atoms with Crippen molar-refractivity contribution in [1.29, 1.82) is 0 Å². The van der Waals surface area contributed by atoms with Crippen molar-refractivity contribution < 1.29 is 9.18 Å². The van der Waals surface area contributed by atoms with E-state index in [1.54, 1.807) is 0 Å². The Labute approximate surface area is 169 Å². The number of carbonyl (C=O) groups excluding carboxylic acids is 1. The van der Waals surface area contributed by atoms with Crippen molar-refractivity contribution in [1.82, 2.24) is 15.1 Å². The predicted octanol–water partition coefficient (Wildman–Crippen LogP) is 4.98. The van der Waals surface area contributed by atoms with Gasteiger partial charge in [-0.3, -0.25) is 9.80 Å². The highest BCUT2D eigenvalue weighted by Crippen LogP contribution is 2.55. The minimum atomic E-state index is -0.0859. The molecule has 0 spiro atoms. The fourth-order valence-corrected chi connectivity index (χ4v) is 6.11. The fraction of sp³-hybridized carbons (Fsp3) is 0.783. The van der Waals surface area contributed by atoms with Crippen LogP contribution in [0.15, 0.2) is 23.7 Å². The number of nitrogens with one attached hydrogen (secondary N) is 1. The second-order valence-corrected chi connectivity index (χ2v) is 9.73. The van der Waals surface area contributed by atoms with E-state index in [-0.39, 0.29) is 17.9 Å². The minimum Gasteiger partial charge on any atom is -0.338 e. The quantitative estimate of drug-likeness (QED) is 0.720. The van der Waals surface area contributed by atoms with Gasteiger partial charge in [-0.1, -0.05) is 13.8 Å². The molecule has 28 heavy (non-hydrogen) atoms. The van der Waals surface area contributed by atoms with Gasteiger partial charge in [0.25, 0.3) is 0 Å². The number of likely N-dealkylation sites (tertiary alicyclic amines) is 1. The molecule has 3 aliphatic carbocycles. The lowest BCUT2D eigenvalue weighted by Crippen LogP contribution is -2.52. The third kappa shape index (κ3) is 4.00. The molecule has 4 nitrogen and oxygen atoms in total. The Morgan fingerprint density at radius 3 is 2.61 bits per heavy atom. The number of rotatable bonds is 5. The van der Waals surface area contributed by atoms with Gasteiger partial charge in [-0.05, 0) is 74.9 Å². The number of allylic oxidation sites excluding steroid dienone is 4. The van der Waals surface area contributed by atoms with E-state index in [4.69, 9.17) is 0 Å². The number of hydrogen-bond donors (Lipinski definition) is 1. The summed E-state index contributed by atoms with van der Waals surface area (Å²) in [4.78, 5) is 17.6. The van der Waals surface area contributed by atoms with Crippen LogP contribution in [-0.2, 0) is 0 Å². The number of urea groups is 1. The van der Waals surface area contributed by atoms with E-state index in [0.29, 0.717) is 24.8 Å². The van der Waals surface area contributed by atoms with Crippen LogP contribution < -0.4 is 5.32 Å². The Hall–Kier alpha value is -1.36. The number of hydrogen-bond acceptors (Lipinski definition) is 2. The minimum absolute atomic E-state index is 0.00491. The summed E-state index contributed by atoms with van der Waals surface area (Å²) in [7, 11) is 0. The van der Waals surface area contributed by atoms with Gasteiger partial charge in [0.05, 0.1) is 0 Å². The van der Waals surface area contributed by atoms with Crippen LogP contribution in [0.1, 0.15) is 71.6 Å². The molecule has 0 aromatic carbocycles. The van der Waals surface area contributed by atoms with E-state index in [0.717, 1.165) is 50.0 Å². The Kier molecular flexibility index (Phi) is 5.82. The van der Waals surface area contributed by atoms with Gasteiger partial charge in [0, 0.05) is 43.8 Å². The number of carbonyl (C=O) groups is 1. The third-order valence-electron chi connectivity index (χ3n) is 7.58. The molecule has 3 fully saturated rings. The second-order valence-electron chi connectivity index (χ2n) is 9.73. The van der Waals surface area contributed by atoms with Crippen molar-refractivity contribution in [3.63, 3.8) is 0 Å². The summed E-state index contributed by atoms with van der Waals surface area (Å²) >= 11 is 0. The number of nitrogens with zero attached hydrogens (tertiary/aromatic N) is 2. The third-order valence-corrected chi connectivity index (χ3v) is 7.58. The Morgan fingerprint density at radius 2 is 2.04 bits per heavy atom. The van der Waals surface area contributed by atoms with Crippen LogP contribution in [0.25, 0.3) is 0 Å². The molecule has 3 atom stereocenters. The van der Waals surface area contributed by atoms with Gasteiger partial charge < -0.3 is 5.32 Å². The maximum absolute atomic E-state index is 13.5. The molecule has 2 bridgehead atoms. The molecule has 5 heteroatoms. The van der Waals surface area contributed by atoms with Crippen LogP contribution in [0.2, 0.25) is 0 Å². The van der Waals surface area contributed by atoms with Crippen LogP contribution in [0.5, 0.6) is 0 Å². The van der Waals surface area contributed by atoms with E-state index in [1.807, 2.05) is 11.0 Å². The number of amides is 2. The molecule has 2 saturated carbocycles. The second kappa shape index (κ2) is 8.17. The molecular formula is C23H36FN3O. The van der Waals surface area contributed by atoms with Gasteiger partial charge in [-0.15, -0.1) is 0 Å². The molecule has 1 N–H and O–H groups in total. The lowest BCUT2D eigenvalue weighted by Gasteiger charge is -2.44. The summed E-state index contributed by atoms with van der Waals surface area (Å²) in [6.45, 7) is 7.39. The summed E-state index contributed by atoms with van der Waals surface area (Å²) in [6.07, 6.45) is 12.9. The van der Waals surface area contributed by atoms with Crippen molar-refractivity contribution in [2.75, 3.05) is 19.6 Å². The molecule has 4 aliphatic rings. The van der Waals surface area contributed by atoms with Crippen LogP contribution in [0, 0.1) is 11.3 Å². The van der Waals surface area contributed by atoms with Crippen LogP contribution >= 0.6 is 0 Å². The molecule has 0 aromatic heterocycles. The van der Waals surface area contributed by atoms with Gasteiger partial charge in [0.15, 0.2) is 0 Å². The first-order valence-corrected chi connectivity index (χ1v) is 11.4. The summed E-state index contributed by atoms with van der Waals surface area (Å²) in [6, 6.07) is 0.978. The van der Waals surface area contributed by atoms with E-state index >= 15 is 0 Å². The van der Waals surface area contributed by atoms with Crippen LogP contribution in [0.3, 0.4) is 0 Å². The number of piperidine rings is 1. The zero-order valence-electron chi connectivity index (χ0n) is 17.6. The van der Waals surface area contributed by atoms with E-state index < -0.39 is 0 Å². The molecule has 0 aromatic rings. The Balaban J connectivity index is 1.41. The maximum atomic E-state index is 13.5. The Morgan fingerprint density at radius 1 is 1.25 bits per heavy atom. The van der Waals surface area contributed by atoms with Gasteiger partial charge >= 0.3 is 6.03 Å². The summed E-state index contributed by atoms with van der Waals surface area (Å²) in [5, 5.41) is 3.05. The average molecular weight is 390 g/mol. The first-order valence-electron chi connectivity index (χ1n) is 11.4. The molecule has 2 amide bonds. The molecule has 3 unspecified atom stereocenters. The maximum Gasteiger partial charge on any atom is 0.321 e. The van der Waals surface area contributed by atoms with Crippen molar-refractivity contribution in [2.24, 2.45) is 11.3 Å². The zero-order valence-corrected chi connectivity index (χ0v) is 17.6. The van der Waals surface area contributed by atoms with E-state index in [1.165, 1.54) is 31.8 Å². The van der Waals surface area contributed by atoms with Gasteiger partial charge in [-0.2, -0.15) is 0 Å². The lowest BCUT2D eigenvalue weighted by atomic mass is 9.83. The first kappa shape index (κ1) is 19.9. The molecule has 1 heterocycles. The molecule has 4 rings (SSSR count). The predicted molar refractivity (Wildman–Crippen MR) is 110 cm³/mol. The topological polar surface area (TPSA) is 35.6 Å². The molecule has 1 saturated heterocycles. The first-order chi connectivity index (χ1) is 13.5. The summed E-state index contributed by atoms with van der Waals surface area (Å²) in [5.41, 5.74) is 1.56. The zero-order chi connectivity index (χ0) is 19.7. The van der Waals surface area contributed by atoms with Gasteiger partial charge in [0.1, 0.15) is 5.83 Å². The standard InChI is InChI=1S/C23H36FN3O/c1-3-12-25-22(28)27(19-6-4-18(24)5-7-19)20-9-13-26(14-10-20)21-16-23(2)11-8-17(21)15-23/h4,6,17,20-21H,3,5,7-16H2,1-2H3,(H,25,28). The summed E-state index contributed by atoms with van der Waals surface area (Å²) < 4.78 is 13.5. The van der Waals surface area contributed by atoms with E-state index in [9.17, 15) is 9.18 Å². The van der Waals surface area contributed by atoms with Crippen molar-refractivity contribution in [2.45, 2.75) is 83.7 Å². The highest BCUT2D eigenvalue weighted by Gasteiger charge is 2.49. The highest BCUT2D eigenvalue weighted by atomic mass is 19.1. The fourth-order valence-electron chi connectivity index (χ4n) is 6.11. The van der Waals surface area contributed by atoms with E-state index in [2.05, 4.69) is 24.1 Å². The Bertz CT molecular complexity index is 652. The van der Waals surface area contributed by atoms with Gasteiger partial charge in [-0.25, -0.2) is 9.18 Å². The molecule has 1 aliphatic heterocycles. The van der Waals surface area contributed by atoms with Crippen LogP contribution in [-0.4, -0.2) is 47.5 Å². The molecule has 156 valence electrons. The molecular weight excluding hydrogens is 353 g/mol. The number of halogens is 1. The van der Waals surface area contributed by atoms with Gasteiger partial charge in [0.2, 0.25) is 0 Å². The summed E-state index contributed by atoms with van der Waals surface area (Å²) in [5.74, 6) is 0.803. The van der Waals surface area contributed by atoms with Crippen molar-refractivity contribution >= 4 is 6.03 Å². The largest absolute Gasteiger partial charge is 0.338 e. The van der Waals surface area contributed by atoms with Crippen LogP contribution in [0.4, 0.5) is 9.18 Å². The molecule has 0 radical (unpaired) electrons.